The van der Waals surface area contributed by atoms with Crippen LogP contribution in [0.4, 0.5) is 0 Å². The van der Waals surface area contributed by atoms with Crippen molar-refractivity contribution in [3.05, 3.63) is 24.3 Å². The second-order valence-electron chi connectivity index (χ2n) is 17.8. The summed E-state index contributed by atoms with van der Waals surface area (Å²) in [6.45, 7) is 6.57. The van der Waals surface area contributed by atoms with Crippen LogP contribution in [0.3, 0.4) is 0 Å². The number of carbonyl (C=O) groups is 3. The third-order valence-electron chi connectivity index (χ3n) is 11.7. The summed E-state index contributed by atoms with van der Waals surface area (Å²) in [6, 6.07) is 0. The summed E-state index contributed by atoms with van der Waals surface area (Å²) in [5, 5.41) is 0. The van der Waals surface area contributed by atoms with E-state index < -0.39 is 6.10 Å². The molecule has 0 aliphatic heterocycles. The smallest absolute Gasteiger partial charge is 0.306 e. The van der Waals surface area contributed by atoms with Crippen molar-refractivity contribution in [2.24, 2.45) is 0 Å². The summed E-state index contributed by atoms with van der Waals surface area (Å²) in [4.78, 5) is 37.7. The number of carbonyl (C=O) groups excluding carboxylic acids is 3. The molecule has 1 unspecified atom stereocenters. The molecule has 0 aliphatic rings. The van der Waals surface area contributed by atoms with Crippen LogP contribution in [-0.4, -0.2) is 37.2 Å². The third kappa shape index (κ3) is 46.9. The van der Waals surface area contributed by atoms with Crippen LogP contribution in [-0.2, 0) is 28.6 Å². The van der Waals surface area contributed by atoms with Gasteiger partial charge < -0.3 is 14.2 Å². The first-order chi connectivity index (χ1) is 29.5. The highest BCUT2D eigenvalue weighted by molar-refractivity contribution is 5.71. The SMILES string of the molecule is CCCCCC/C=C\C/C=C\CCCCCCCCCC(=O)OC(COC(=O)CCCCCCC)COC(=O)CCCCCCCCCCCCCCCCCCCCC. The average molecular weight is 845 g/mol. The van der Waals surface area contributed by atoms with Crippen LogP contribution < -0.4 is 0 Å². The number of rotatable bonds is 48. The van der Waals surface area contributed by atoms with Gasteiger partial charge in [-0.2, -0.15) is 0 Å². The zero-order valence-electron chi connectivity index (χ0n) is 40.2. The van der Waals surface area contributed by atoms with E-state index in [0.29, 0.717) is 19.3 Å². The quantitative estimate of drug-likeness (QED) is 0.0263. The Morgan fingerprint density at radius 3 is 0.933 bits per heavy atom. The molecule has 0 spiro atoms. The van der Waals surface area contributed by atoms with E-state index in [9.17, 15) is 14.4 Å². The van der Waals surface area contributed by atoms with Crippen molar-refractivity contribution >= 4 is 17.9 Å². The first-order valence-corrected chi connectivity index (χ1v) is 26.3. The largest absolute Gasteiger partial charge is 0.462 e. The molecule has 1 atom stereocenters. The van der Waals surface area contributed by atoms with Crippen molar-refractivity contribution in [1.82, 2.24) is 0 Å². The Labute approximate surface area is 373 Å². The molecule has 0 N–H and O–H groups in total. The molecule has 0 aromatic heterocycles. The summed E-state index contributed by atoms with van der Waals surface area (Å²) >= 11 is 0. The van der Waals surface area contributed by atoms with Crippen molar-refractivity contribution in [2.45, 2.75) is 290 Å². The van der Waals surface area contributed by atoms with E-state index in [1.54, 1.807) is 0 Å². The van der Waals surface area contributed by atoms with Gasteiger partial charge in [0.15, 0.2) is 6.10 Å². The van der Waals surface area contributed by atoms with Gasteiger partial charge in [-0.3, -0.25) is 14.4 Å². The van der Waals surface area contributed by atoms with E-state index in [2.05, 4.69) is 45.1 Å². The van der Waals surface area contributed by atoms with Gasteiger partial charge in [-0.1, -0.05) is 238 Å². The minimum absolute atomic E-state index is 0.0709. The van der Waals surface area contributed by atoms with Crippen LogP contribution in [0.25, 0.3) is 0 Å². The molecule has 0 aromatic carbocycles. The van der Waals surface area contributed by atoms with Crippen LogP contribution in [0.1, 0.15) is 284 Å². The van der Waals surface area contributed by atoms with Gasteiger partial charge in [0.25, 0.3) is 0 Å². The minimum atomic E-state index is -0.767. The first kappa shape index (κ1) is 57.9. The predicted octanol–water partition coefficient (Wildman–Crippen LogP) is 17.2. The maximum atomic E-state index is 12.7. The Morgan fingerprint density at radius 2 is 0.600 bits per heavy atom. The van der Waals surface area contributed by atoms with Crippen molar-refractivity contribution in [3.63, 3.8) is 0 Å². The number of hydrogen-bond acceptors (Lipinski definition) is 6. The zero-order chi connectivity index (χ0) is 43.7. The Bertz CT molecular complexity index is 973. The monoisotopic (exact) mass is 845 g/mol. The van der Waals surface area contributed by atoms with Gasteiger partial charge in [0, 0.05) is 19.3 Å². The summed E-state index contributed by atoms with van der Waals surface area (Å²) in [6.07, 6.45) is 56.3. The molecule has 0 rings (SSSR count). The Hall–Kier alpha value is -2.11. The summed E-state index contributed by atoms with van der Waals surface area (Å²) < 4.78 is 16.7. The topological polar surface area (TPSA) is 78.9 Å². The van der Waals surface area contributed by atoms with E-state index in [1.165, 1.54) is 167 Å². The molecule has 0 amide bonds. The highest BCUT2D eigenvalue weighted by Crippen LogP contribution is 2.16. The number of hydrogen-bond donors (Lipinski definition) is 0. The molecular weight excluding hydrogens is 745 g/mol. The van der Waals surface area contributed by atoms with Crippen LogP contribution in [0.2, 0.25) is 0 Å². The van der Waals surface area contributed by atoms with E-state index in [0.717, 1.165) is 77.0 Å². The third-order valence-corrected chi connectivity index (χ3v) is 11.7. The summed E-state index contributed by atoms with van der Waals surface area (Å²) in [7, 11) is 0. The molecule has 0 saturated heterocycles. The highest BCUT2D eigenvalue weighted by atomic mass is 16.6. The normalized spacial score (nSPS) is 12.1. The molecule has 0 saturated carbocycles. The van der Waals surface area contributed by atoms with E-state index in [-0.39, 0.29) is 31.1 Å². The molecule has 0 fully saturated rings. The number of esters is 3. The Kier molecular flexibility index (Phi) is 47.8. The molecule has 6 nitrogen and oxygen atoms in total. The van der Waals surface area contributed by atoms with Crippen LogP contribution in [0.5, 0.6) is 0 Å². The van der Waals surface area contributed by atoms with E-state index >= 15 is 0 Å². The number of allylic oxidation sites excluding steroid dienone is 4. The molecule has 352 valence electrons. The molecule has 0 aliphatic carbocycles. The Balaban J connectivity index is 4.12. The van der Waals surface area contributed by atoms with E-state index in [1.807, 2.05) is 0 Å². The highest BCUT2D eigenvalue weighted by Gasteiger charge is 2.19. The lowest BCUT2D eigenvalue weighted by Crippen LogP contribution is -2.30. The van der Waals surface area contributed by atoms with Crippen LogP contribution in [0.15, 0.2) is 24.3 Å². The summed E-state index contributed by atoms with van der Waals surface area (Å²) in [5.41, 5.74) is 0. The van der Waals surface area contributed by atoms with Gasteiger partial charge in [-0.05, 0) is 51.4 Å². The van der Waals surface area contributed by atoms with E-state index in [4.69, 9.17) is 14.2 Å². The lowest BCUT2D eigenvalue weighted by atomic mass is 10.0. The van der Waals surface area contributed by atoms with Gasteiger partial charge >= 0.3 is 17.9 Å². The Morgan fingerprint density at radius 1 is 0.333 bits per heavy atom. The molecule has 6 heteroatoms. The number of unbranched alkanes of at least 4 members (excludes halogenated alkanes) is 33. The van der Waals surface area contributed by atoms with Gasteiger partial charge in [-0.15, -0.1) is 0 Å². The maximum absolute atomic E-state index is 12.7. The maximum Gasteiger partial charge on any atom is 0.306 e. The second kappa shape index (κ2) is 49.5. The fraction of sp³-hybridized carbons (Fsp3) is 0.870. The van der Waals surface area contributed by atoms with Crippen molar-refractivity contribution in [1.29, 1.82) is 0 Å². The average Bonchev–Trinajstić information content (AvgIpc) is 3.24. The fourth-order valence-electron chi connectivity index (χ4n) is 7.71. The molecule has 0 radical (unpaired) electrons. The first-order valence-electron chi connectivity index (χ1n) is 26.3. The molecule has 60 heavy (non-hydrogen) atoms. The van der Waals surface area contributed by atoms with Gasteiger partial charge in [0.1, 0.15) is 13.2 Å². The lowest BCUT2D eigenvalue weighted by Gasteiger charge is -2.18. The van der Waals surface area contributed by atoms with Crippen molar-refractivity contribution in [3.8, 4) is 0 Å². The lowest BCUT2D eigenvalue weighted by molar-refractivity contribution is -0.167. The minimum Gasteiger partial charge on any atom is -0.462 e. The molecule has 0 bridgehead atoms. The van der Waals surface area contributed by atoms with Gasteiger partial charge in [0.05, 0.1) is 0 Å². The summed E-state index contributed by atoms with van der Waals surface area (Å²) in [5.74, 6) is -0.879. The fourth-order valence-corrected chi connectivity index (χ4v) is 7.71. The van der Waals surface area contributed by atoms with Crippen LogP contribution in [0, 0.1) is 0 Å². The van der Waals surface area contributed by atoms with Crippen molar-refractivity contribution in [2.75, 3.05) is 13.2 Å². The second-order valence-corrected chi connectivity index (χ2v) is 17.8. The molecular formula is C54H100O6. The number of ether oxygens (including phenoxy) is 3. The predicted molar refractivity (Wildman–Crippen MR) is 256 cm³/mol. The van der Waals surface area contributed by atoms with Crippen molar-refractivity contribution < 1.29 is 28.6 Å². The zero-order valence-corrected chi connectivity index (χ0v) is 40.2. The van der Waals surface area contributed by atoms with Gasteiger partial charge in [-0.25, -0.2) is 0 Å². The van der Waals surface area contributed by atoms with Gasteiger partial charge in [0.2, 0.25) is 0 Å². The standard InChI is InChI=1S/C54H100O6/c1-4-7-10-13-15-17-19-21-23-25-27-29-30-32-34-36-38-41-44-47-53(56)59-50-51(49-58-52(55)46-43-40-12-9-6-3)60-54(57)48-45-42-39-37-35-33-31-28-26-24-22-20-18-16-14-11-8-5-2/h18,20,24,26,51H,4-17,19,21-23,25,27-50H2,1-3H3/b20-18-,26-24-. The molecule has 0 heterocycles. The molecule has 0 aromatic rings. The van der Waals surface area contributed by atoms with Crippen LogP contribution >= 0.6 is 0 Å².